The number of amides is 1. The molecular formula is C16H24N2O3. The van der Waals surface area contributed by atoms with Gasteiger partial charge < -0.3 is 15.2 Å². The lowest BCUT2D eigenvalue weighted by atomic mass is 9.92. The van der Waals surface area contributed by atoms with E-state index in [-0.39, 0.29) is 11.9 Å². The van der Waals surface area contributed by atoms with E-state index in [1.165, 1.54) is 6.20 Å². The molecule has 1 aromatic rings. The Hall–Kier alpha value is -1.62. The first-order chi connectivity index (χ1) is 10.1. The molecule has 1 saturated carbocycles. The van der Waals surface area contributed by atoms with Gasteiger partial charge in [0.2, 0.25) is 5.88 Å². The van der Waals surface area contributed by atoms with Gasteiger partial charge in [0.25, 0.3) is 5.91 Å². The zero-order valence-electron chi connectivity index (χ0n) is 12.7. The summed E-state index contributed by atoms with van der Waals surface area (Å²) in [6.45, 7) is 4.74. The third-order valence-corrected chi connectivity index (χ3v) is 3.61. The first-order valence-corrected chi connectivity index (χ1v) is 7.64. The standard InChI is InChI=1S/C16H24N2O3/c1-11(2)10-21-15-8-7-12(9-17-15)16(20)18-13-5-3-4-6-14(13)19/h7-9,11,13-14,19H,3-6,10H2,1-2H3,(H,18,20)/t13-,14-/m1/s1. The molecule has 0 unspecified atom stereocenters. The van der Waals surface area contributed by atoms with E-state index in [2.05, 4.69) is 24.1 Å². The van der Waals surface area contributed by atoms with Crippen LogP contribution in [0.3, 0.4) is 0 Å². The lowest BCUT2D eigenvalue weighted by molar-refractivity contribution is 0.0717. The van der Waals surface area contributed by atoms with E-state index >= 15 is 0 Å². The van der Waals surface area contributed by atoms with E-state index in [9.17, 15) is 9.90 Å². The summed E-state index contributed by atoms with van der Waals surface area (Å²) in [5.41, 5.74) is 0.490. The molecule has 2 N–H and O–H groups in total. The van der Waals surface area contributed by atoms with Gasteiger partial charge in [-0.05, 0) is 24.8 Å². The Morgan fingerprint density at radius 2 is 2.19 bits per heavy atom. The number of hydrogen-bond donors (Lipinski definition) is 2. The van der Waals surface area contributed by atoms with Crippen LogP contribution < -0.4 is 10.1 Å². The molecule has 1 aromatic heterocycles. The summed E-state index contributed by atoms with van der Waals surface area (Å²) in [5.74, 6) is 0.768. The van der Waals surface area contributed by atoms with Crippen molar-refractivity contribution >= 4 is 5.91 Å². The van der Waals surface area contributed by atoms with E-state index < -0.39 is 6.10 Å². The fraction of sp³-hybridized carbons (Fsp3) is 0.625. The van der Waals surface area contributed by atoms with Crippen LogP contribution in [0.15, 0.2) is 18.3 Å². The smallest absolute Gasteiger partial charge is 0.253 e. The van der Waals surface area contributed by atoms with Gasteiger partial charge in [0.15, 0.2) is 0 Å². The van der Waals surface area contributed by atoms with Crippen LogP contribution in [0.1, 0.15) is 49.9 Å². The van der Waals surface area contributed by atoms with Crippen LogP contribution in [-0.2, 0) is 0 Å². The summed E-state index contributed by atoms with van der Waals surface area (Å²) < 4.78 is 5.49. The topological polar surface area (TPSA) is 71.5 Å². The van der Waals surface area contributed by atoms with Gasteiger partial charge in [0.1, 0.15) is 0 Å². The van der Waals surface area contributed by atoms with Gasteiger partial charge in [-0.15, -0.1) is 0 Å². The number of hydrogen-bond acceptors (Lipinski definition) is 4. The number of aliphatic hydroxyl groups is 1. The first-order valence-electron chi connectivity index (χ1n) is 7.64. The Balaban J connectivity index is 1.90. The predicted molar refractivity (Wildman–Crippen MR) is 80.3 cm³/mol. The molecule has 5 nitrogen and oxygen atoms in total. The van der Waals surface area contributed by atoms with Crippen LogP contribution in [0.2, 0.25) is 0 Å². The maximum atomic E-state index is 12.1. The van der Waals surface area contributed by atoms with Gasteiger partial charge >= 0.3 is 0 Å². The van der Waals surface area contributed by atoms with Gasteiger partial charge in [-0.1, -0.05) is 26.7 Å². The van der Waals surface area contributed by atoms with Crippen molar-refractivity contribution in [3.8, 4) is 5.88 Å². The van der Waals surface area contributed by atoms with Crippen LogP contribution in [0.25, 0.3) is 0 Å². The van der Waals surface area contributed by atoms with E-state index in [1.807, 2.05) is 0 Å². The highest BCUT2D eigenvalue weighted by Crippen LogP contribution is 2.19. The number of rotatable bonds is 5. The largest absolute Gasteiger partial charge is 0.477 e. The number of ether oxygens (including phenoxy) is 1. The highest BCUT2D eigenvalue weighted by Gasteiger charge is 2.24. The number of carbonyl (C=O) groups excluding carboxylic acids is 1. The van der Waals surface area contributed by atoms with Crippen LogP contribution in [0, 0.1) is 5.92 Å². The van der Waals surface area contributed by atoms with Gasteiger partial charge in [0.05, 0.1) is 24.3 Å². The summed E-state index contributed by atoms with van der Waals surface area (Å²) in [4.78, 5) is 16.3. The van der Waals surface area contributed by atoms with E-state index in [0.717, 1.165) is 25.7 Å². The molecule has 5 heteroatoms. The molecule has 2 rings (SSSR count). The number of pyridine rings is 1. The van der Waals surface area contributed by atoms with Gasteiger partial charge in [-0.3, -0.25) is 4.79 Å². The number of aromatic nitrogens is 1. The fourth-order valence-corrected chi connectivity index (χ4v) is 2.38. The average Bonchev–Trinajstić information content (AvgIpc) is 2.48. The minimum absolute atomic E-state index is 0.150. The van der Waals surface area contributed by atoms with E-state index in [1.54, 1.807) is 12.1 Å². The Kier molecular flexibility index (Phi) is 5.56. The second kappa shape index (κ2) is 7.41. The predicted octanol–water partition coefficient (Wildman–Crippen LogP) is 2.15. The molecule has 0 spiro atoms. The Bertz CT molecular complexity index is 459. The highest BCUT2D eigenvalue weighted by atomic mass is 16.5. The zero-order valence-corrected chi connectivity index (χ0v) is 12.7. The van der Waals surface area contributed by atoms with Crippen LogP contribution in [-0.4, -0.2) is 34.8 Å². The molecule has 1 aliphatic carbocycles. The molecular weight excluding hydrogens is 268 g/mol. The maximum Gasteiger partial charge on any atom is 0.253 e. The average molecular weight is 292 g/mol. The quantitative estimate of drug-likeness (QED) is 0.872. The molecule has 116 valence electrons. The molecule has 1 heterocycles. The van der Waals surface area contributed by atoms with Gasteiger partial charge in [-0.25, -0.2) is 4.98 Å². The van der Waals surface area contributed by atoms with E-state index in [0.29, 0.717) is 24.0 Å². The summed E-state index contributed by atoms with van der Waals surface area (Å²) >= 11 is 0. The van der Waals surface area contributed by atoms with Gasteiger partial charge in [0, 0.05) is 12.3 Å². The Morgan fingerprint density at radius 1 is 1.43 bits per heavy atom. The molecule has 1 amide bonds. The Labute approximate surface area is 125 Å². The second-order valence-corrected chi connectivity index (χ2v) is 6.02. The third kappa shape index (κ3) is 4.70. The van der Waals surface area contributed by atoms with Crippen LogP contribution >= 0.6 is 0 Å². The molecule has 2 atom stereocenters. The van der Waals surface area contributed by atoms with E-state index in [4.69, 9.17) is 4.74 Å². The normalized spacial score (nSPS) is 22.1. The van der Waals surface area contributed by atoms with Gasteiger partial charge in [-0.2, -0.15) is 0 Å². The van der Waals surface area contributed by atoms with Crippen molar-refractivity contribution in [3.63, 3.8) is 0 Å². The fourth-order valence-electron chi connectivity index (χ4n) is 2.38. The molecule has 21 heavy (non-hydrogen) atoms. The summed E-state index contributed by atoms with van der Waals surface area (Å²) in [7, 11) is 0. The summed E-state index contributed by atoms with van der Waals surface area (Å²) in [5, 5.41) is 12.8. The van der Waals surface area contributed by atoms with Crippen molar-refractivity contribution in [2.24, 2.45) is 5.92 Å². The van der Waals surface area contributed by atoms with Crippen LogP contribution in [0.4, 0.5) is 0 Å². The molecule has 0 aliphatic heterocycles. The monoisotopic (exact) mass is 292 g/mol. The molecule has 1 aliphatic rings. The second-order valence-electron chi connectivity index (χ2n) is 6.02. The van der Waals surface area contributed by atoms with Crippen molar-refractivity contribution in [2.75, 3.05) is 6.61 Å². The van der Waals surface area contributed by atoms with Crippen molar-refractivity contribution < 1.29 is 14.6 Å². The third-order valence-electron chi connectivity index (χ3n) is 3.61. The lowest BCUT2D eigenvalue weighted by Gasteiger charge is -2.28. The minimum Gasteiger partial charge on any atom is -0.477 e. The number of nitrogens with one attached hydrogen (secondary N) is 1. The lowest BCUT2D eigenvalue weighted by Crippen LogP contribution is -2.45. The molecule has 0 radical (unpaired) electrons. The minimum atomic E-state index is -0.440. The van der Waals surface area contributed by atoms with Crippen molar-refractivity contribution in [1.29, 1.82) is 0 Å². The van der Waals surface area contributed by atoms with Crippen LogP contribution in [0.5, 0.6) is 5.88 Å². The highest BCUT2D eigenvalue weighted by molar-refractivity contribution is 5.94. The Morgan fingerprint density at radius 3 is 2.81 bits per heavy atom. The number of nitrogens with zero attached hydrogens (tertiary/aromatic N) is 1. The summed E-state index contributed by atoms with van der Waals surface area (Å²) in [6.07, 6.45) is 4.73. The SMILES string of the molecule is CC(C)COc1ccc(C(=O)N[C@@H]2CCCC[C@H]2O)cn1. The van der Waals surface area contributed by atoms with Crippen molar-refractivity contribution in [3.05, 3.63) is 23.9 Å². The number of aliphatic hydroxyl groups excluding tert-OH is 1. The maximum absolute atomic E-state index is 12.1. The van der Waals surface area contributed by atoms with Crippen molar-refractivity contribution in [2.45, 2.75) is 51.7 Å². The molecule has 0 aromatic carbocycles. The molecule has 1 fully saturated rings. The van der Waals surface area contributed by atoms with Crippen molar-refractivity contribution in [1.82, 2.24) is 10.3 Å². The molecule has 0 bridgehead atoms. The summed E-state index contributed by atoms with van der Waals surface area (Å²) in [6, 6.07) is 3.25. The molecule has 0 saturated heterocycles. The number of carbonyl (C=O) groups is 1. The first kappa shape index (κ1) is 15.8. The zero-order chi connectivity index (χ0) is 15.2.